The highest BCUT2D eigenvalue weighted by atomic mass is 16.4. The summed E-state index contributed by atoms with van der Waals surface area (Å²) in [6, 6.07) is 0. The zero-order valence-corrected chi connectivity index (χ0v) is 11.1. The lowest BCUT2D eigenvalue weighted by atomic mass is 10.1. The second kappa shape index (κ2) is 6.51. The van der Waals surface area contributed by atoms with Crippen LogP contribution in [-0.2, 0) is 14.4 Å². The average Bonchev–Trinajstić information content (AvgIpc) is 2.66. The van der Waals surface area contributed by atoms with Gasteiger partial charge in [-0.05, 0) is 5.92 Å². The molecule has 0 bridgehead atoms. The summed E-state index contributed by atoms with van der Waals surface area (Å²) in [5.74, 6) is -1.97. The summed E-state index contributed by atoms with van der Waals surface area (Å²) in [5, 5.41) is 19.9. The molecule has 1 aliphatic heterocycles. The van der Waals surface area contributed by atoms with Gasteiger partial charge in [-0.15, -0.1) is 0 Å². The summed E-state index contributed by atoms with van der Waals surface area (Å²) in [6.07, 6.45) is -1.48. The average molecular weight is 272 g/mol. The molecule has 108 valence electrons. The van der Waals surface area contributed by atoms with Crippen LogP contribution in [0, 0.1) is 11.8 Å². The van der Waals surface area contributed by atoms with Crippen LogP contribution in [-0.4, -0.2) is 58.6 Å². The molecular weight excluding hydrogens is 252 g/mol. The number of carbonyl (C=O) groups is 3. The smallest absolute Gasteiger partial charge is 0.334 e. The van der Waals surface area contributed by atoms with Gasteiger partial charge in [-0.1, -0.05) is 13.8 Å². The number of carboxylic acid groups (broad SMARTS) is 1. The second-order valence-electron chi connectivity index (χ2n) is 5.19. The van der Waals surface area contributed by atoms with Crippen LogP contribution in [0.25, 0.3) is 0 Å². The summed E-state index contributed by atoms with van der Waals surface area (Å²) in [6.45, 7) is 4.60. The van der Waals surface area contributed by atoms with E-state index in [2.05, 4.69) is 5.32 Å². The SMILES string of the molecule is CC(C)CN1CC(C(=O)NC[C@H](O)C(=O)O)CC1=O. The van der Waals surface area contributed by atoms with Crippen LogP contribution in [0.2, 0.25) is 0 Å². The van der Waals surface area contributed by atoms with Gasteiger partial charge in [0.15, 0.2) is 6.10 Å². The monoisotopic (exact) mass is 272 g/mol. The van der Waals surface area contributed by atoms with Gasteiger partial charge in [0.05, 0.1) is 12.5 Å². The molecule has 0 saturated carbocycles. The van der Waals surface area contributed by atoms with Crippen molar-refractivity contribution in [3.63, 3.8) is 0 Å². The van der Waals surface area contributed by atoms with Crippen molar-refractivity contribution in [1.29, 1.82) is 0 Å². The van der Waals surface area contributed by atoms with Crippen molar-refractivity contribution in [2.24, 2.45) is 11.8 Å². The van der Waals surface area contributed by atoms with Gasteiger partial charge < -0.3 is 20.4 Å². The zero-order valence-electron chi connectivity index (χ0n) is 11.1. The third-order valence-corrected chi connectivity index (χ3v) is 2.93. The molecule has 0 aromatic rings. The summed E-state index contributed by atoms with van der Waals surface area (Å²) in [4.78, 5) is 35.5. The molecule has 1 heterocycles. The van der Waals surface area contributed by atoms with Gasteiger partial charge in [0.2, 0.25) is 11.8 Å². The van der Waals surface area contributed by atoms with Crippen molar-refractivity contribution in [3.05, 3.63) is 0 Å². The van der Waals surface area contributed by atoms with E-state index in [-0.39, 0.29) is 24.8 Å². The normalized spacial score (nSPS) is 20.7. The number of amides is 2. The number of aliphatic hydroxyl groups is 1. The van der Waals surface area contributed by atoms with E-state index in [1.54, 1.807) is 4.90 Å². The van der Waals surface area contributed by atoms with E-state index in [0.29, 0.717) is 19.0 Å². The first-order valence-corrected chi connectivity index (χ1v) is 6.27. The fourth-order valence-electron chi connectivity index (χ4n) is 1.99. The van der Waals surface area contributed by atoms with Crippen molar-refractivity contribution in [2.75, 3.05) is 19.6 Å². The van der Waals surface area contributed by atoms with E-state index < -0.39 is 18.0 Å². The number of aliphatic carboxylic acids is 1. The molecule has 1 rings (SSSR count). The van der Waals surface area contributed by atoms with Crippen LogP contribution in [0.5, 0.6) is 0 Å². The van der Waals surface area contributed by atoms with E-state index in [1.165, 1.54) is 0 Å². The lowest BCUT2D eigenvalue weighted by Crippen LogP contribution is -2.40. The zero-order chi connectivity index (χ0) is 14.6. The van der Waals surface area contributed by atoms with Gasteiger partial charge in [-0.3, -0.25) is 9.59 Å². The molecular formula is C12H20N2O5. The van der Waals surface area contributed by atoms with Crippen LogP contribution in [0.15, 0.2) is 0 Å². The van der Waals surface area contributed by atoms with Crippen molar-refractivity contribution < 1.29 is 24.6 Å². The molecule has 7 heteroatoms. The Bertz CT molecular complexity index is 369. The summed E-state index contributed by atoms with van der Waals surface area (Å²) in [5.41, 5.74) is 0. The van der Waals surface area contributed by atoms with E-state index >= 15 is 0 Å². The number of hydrogen-bond donors (Lipinski definition) is 3. The molecule has 1 aliphatic rings. The Morgan fingerprint density at radius 1 is 1.47 bits per heavy atom. The molecule has 2 amide bonds. The third kappa shape index (κ3) is 4.51. The molecule has 1 unspecified atom stereocenters. The Labute approximate surface area is 111 Å². The number of nitrogens with one attached hydrogen (secondary N) is 1. The highest BCUT2D eigenvalue weighted by molar-refractivity contribution is 5.89. The lowest BCUT2D eigenvalue weighted by Gasteiger charge is -2.18. The summed E-state index contributed by atoms with van der Waals surface area (Å²) in [7, 11) is 0. The van der Waals surface area contributed by atoms with Crippen molar-refractivity contribution in [1.82, 2.24) is 10.2 Å². The number of likely N-dealkylation sites (tertiary alicyclic amines) is 1. The molecule has 0 aromatic heterocycles. The Kier molecular flexibility index (Phi) is 5.29. The maximum atomic E-state index is 11.8. The maximum absolute atomic E-state index is 11.8. The molecule has 1 saturated heterocycles. The van der Waals surface area contributed by atoms with E-state index in [9.17, 15) is 14.4 Å². The Balaban J connectivity index is 2.43. The molecule has 19 heavy (non-hydrogen) atoms. The van der Waals surface area contributed by atoms with Gasteiger partial charge in [-0.2, -0.15) is 0 Å². The number of nitrogens with zero attached hydrogens (tertiary/aromatic N) is 1. The molecule has 2 atom stereocenters. The van der Waals surface area contributed by atoms with Crippen LogP contribution >= 0.6 is 0 Å². The fourth-order valence-corrected chi connectivity index (χ4v) is 1.99. The predicted octanol–water partition coefficient (Wildman–Crippen LogP) is -0.947. The van der Waals surface area contributed by atoms with E-state index in [4.69, 9.17) is 10.2 Å². The van der Waals surface area contributed by atoms with Gasteiger partial charge in [-0.25, -0.2) is 4.79 Å². The first-order chi connectivity index (χ1) is 8.81. The molecule has 0 radical (unpaired) electrons. The molecule has 0 aliphatic carbocycles. The summed E-state index contributed by atoms with van der Waals surface area (Å²) < 4.78 is 0. The number of carboxylic acids is 1. The second-order valence-corrected chi connectivity index (χ2v) is 5.19. The molecule has 0 aromatic carbocycles. The van der Waals surface area contributed by atoms with Crippen LogP contribution in [0.3, 0.4) is 0 Å². The minimum Gasteiger partial charge on any atom is -0.479 e. The fraction of sp³-hybridized carbons (Fsp3) is 0.750. The van der Waals surface area contributed by atoms with E-state index in [1.807, 2.05) is 13.8 Å². The molecule has 0 spiro atoms. The number of rotatable bonds is 6. The number of hydrogen-bond acceptors (Lipinski definition) is 4. The predicted molar refractivity (Wildman–Crippen MR) is 66.2 cm³/mol. The van der Waals surface area contributed by atoms with Crippen molar-refractivity contribution >= 4 is 17.8 Å². The third-order valence-electron chi connectivity index (χ3n) is 2.93. The van der Waals surface area contributed by atoms with Crippen molar-refractivity contribution in [3.8, 4) is 0 Å². The first-order valence-electron chi connectivity index (χ1n) is 6.27. The maximum Gasteiger partial charge on any atom is 0.334 e. The van der Waals surface area contributed by atoms with Crippen molar-refractivity contribution in [2.45, 2.75) is 26.4 Å². The largest absolute Gasteiger partial charge is 0.479 e. The molecule has 1 fully saturated rings. The van der Waals surface area contributed by atoms with Crippen LogP contribution in [0.4, 0.5) is 0 Å². The Morgan fingerprint density at radius 3 is 2.63 bits per heavy atom. The van der Waals surface area contributed by atoms with Crippen LogP contribution < -0.4 is 5.32 Å². The highest BCUT2D eigenvalue weighted by Gasteiger charge is 2.34. The minimum absolute atomic E-state index is 0.0624. The first kappa shape index (κ1) is 15.4. The quantitative estimate of drug-likeness (QED) is 0.578. The number of carbonyl (C=O) groups excluding carboxylic acids is 2. The lowest BCUT2D eigenvalue weighted by molar-refractivity contribution is -0.146. The highest BCUT2D eigenvalue weighted by Crippen LogP contribution is 2.19. The number of aliphatic hydroxyl groups excluding tert-OH is 1. The standard InChI is InChI=1S/C12H20N2O5/c1-7(2)5-14-6-8(3-10(14)16)11(17)13-4-9(15)12(18)19/h7-9,15H,3-6H2,1-2H3,(H,13,17)(H,18,19)/t8?,9-/m0/s1. The van der Waals surface area contributed by atoms with Gasteiger partial charge in [0, 0.05) is 19.5 Å². The van der Waals surface area contributed by atoms with Gasteiger partial charge >= 0.3 is 5.97 Å². The topological polar surface area (TPSA) is 107 Å². The van der Waals surface area contributed by atoms with Gasteiger partial charge in [0.1, 0.15) is 0 Å². The van der Waals surface area contributed by atoms with E-state index in [0.717, 1.165) is 0 Å². The molecule has 7 nitrogen and oxygen atoms in total. The Morgan fingerprint density at radius 2 is 2.11 bits per heavy atom. The summed E-state index contributed by atoms with van der Waals surface area (Å²) >= 11 is 0. The minimum atomic E-state index is -1.62. The molecule has 3 N–H and O–H groups in total. The Hall–Kier alpha value is -1.63. The van der Waals surface area contributed by atoms with Crippen LogP contribution in [0.1, 0.15) is 20.3 Å². The van der Waals surface area contributed by atoms with Gasteiger partial charge in [0.25, 0.3) is 0 Å².